The summed E-state index contributed by atoms with van der Waals surface area (Å²) in [7, 11) is 0. The van der Waals surface area contributed by atoms with E-state index in [0.29, 0.717) is 5.56 Å². The van der Waals surface area contributed by atoms with Gasteiger partial charge in [0.2, 0.25) is 6.29 Å². The summed E-state index contributed by atoms with van der Waals surface area (Å²) in [4.78, 5) is 25.0. The van der Waals surface area contributed by atoms with Crippen LogP contribution in [0.1, 0.15) is 13.8 Å². The highest BCUT2D eigenvalue weighted by Gasteiger charge is 2.51. The Hall–Kier alpha value is -3.64. The Bertz CT molecular complexity index is 1540. The van der Waals surface area contributed by atoms with Crippen molar-refractivity contribution in [1.82, 2.24) is 0 Å². The van der Waals surface area contributed by atoms with Crippen molar-refractivity contribution < 1.29 is 68.6 Å². The van der Waals surface area contributed by atoms with E-state index in [1.807, 2.05) is 0 Å². The van der Waals surface area contributed by atoms with Crippen LogP contribution in [0, 0.1) is 0 Å². The zero-order valence-electron chi connectivity index (χ0n) is 23.4. The van der Waals surface area contributed by atoms with Crippen LogP contribution in [-0.4, -0.2) is 110 Å². The van der Waals surface area contributed by atoms with Gasteiger partial charge in [-0.3, -0.25) is 9.59 Å². The zero-order chi connectivity index (χ0) is 31.9. The first kappa shape index (κ1) is 31.8. The summed E-state index contributed by atoms with van der Waals surface area (Å²) in [5.41, 5.74) is -0.204. The van der Waals surface area contributed by atoms with Crippen LogP contribution in [0.2, 0.25) is 0 Å². The number of phenols is 1. The molecule has 5 rings (SSSR count). The predicted molar refractivity (Wildman–Crippen MR) is 147 cm³/mol. The van der Waals surface area contributed by atoms with Gasteiger partial charge in [-0.15, -0.1) is 0 Å². The fourth-order valence-corrected chi connectivity index (χ4v) is 5.01. The van der Waals surface area contributed by atoms with E-state index in [1.54, 1.807) is 0 Å². The van der Waals surface area contributed by atoms with Gasteiger partial charge in [-0.2, -0.15) is 0 Å². The molecule has 2 aromatic carbocycles. The summed E-state index contributed by atoms with van der Waals surface area (Å²) in [6.45, 7) is 1.79. The fraction of sp³-hybridized carbons (Fsp3) is 0.448. The quantitative estimate of drug-likeness (QED) is 0.125. The molecule has 0 aliphatic carbocycles. The van der Waals surface area contributed by atoms with Crippen LogP contribution in [-0.2, 0) is 19.0 Å². The smallest absolute Gasteiger partial charge is 0.308 e. The lowest BCUT2D eigenvalue weighted by atomic mass is 9.97. The Morgan fingerprint density at radius 3 is 2.25 bits per heavy atom. The largest absolute Gasteiger partial charge is 0.508 e. The molecule has 0 saturated carbocycles. The molecule has 0 radical (unpaired) electrons. The number of ether oxygens (including phenoxy) is 5. The van der Waals surface area contributed by atoms with E-state index in [1.165, 1.54) is 49.4 Å². The molecule has 3 heterocycles. The number of esters is 1. The maximum absolute atomic E-state index is 13.1. The highest BCUT2D eigenvalue weighted by Crippen LogP contribution is 2.35. The second kappa shape index (κ2) is 12.8. The van der Waals surface area contributed by atoms with E-state index >= 15 is 0 Å². The Kier molecular flexibility index (Phi) is 9.22. The van der Waals surface area contributed by atoms with Crippen molar-refractivity contribution in [3.8, 4) is 28.6 Å². The minimum Gasteiger partial charge on any atom is -0.508 e. The standard InChI is InChI=1S/C29H32O15/c1-11-22(34)24(36)26(38)28(39-11)44-27-25(37)23(35)20(10-30)43-29(27)41-15-7-18(40-12(2)31)21-16(33)9-17(42-19(21)8-15)13-3-5-14(32)6-4-13/h3-9,11,20,22-30,32,34-38H,10H2,1-2H3/t11-,20+,22-,23+,24+,25-,26+,27+,28-,29+/m0/s1. The SMILES string of the molecule is CC(=O)Oc1cc(O[C@@H]2O[C@H](CO)[C@@H](O)[C@H](O)[C@H]2O[C@@H]2O[C@@H](C)[C@H](O)[C@@H](O)[C@H]2O)cc2oc(-c3ccc(O)cc3)cc(=O)c12. The Balaban J connectivity index is 1.53. The molecule has 238 valence electrons. The van der Waals surface area contributed by atoms with Gasteiger partial charge in [0, 0.05) is 30.7 Å². The molecule has 2 aliphatic heterocycles. The van der Waals surface area contributed by atoms with Gasteiger partial charge in [0.15, 0.2) is 17.8 Å². The van der Waals surface area contributed by atoms with Crippen LogP contribution in [0.5, 0.6) is 17.2 Å². The predicted octanol–water partition coefficient (Wildman–Crippen LogP) is -0.879. The fourth-order valence-electron chi connectivity index (χ4n) is 5.01. The molecule has 2 fully saturated rings. The van der Waals surface area contributed by atoms with Crippen LogP contribution in [0.3, 0.4) is 0 Å². The van der Waals surface area contributed by atoms with Crippen LogP contribution >= 0.6 is 0 Å². The number of rotatable bonds is 7. The zero-order valence-corrected chi connectivity index (χ0v) is 23.4. The number of hydrogen-bond donors (Lipinski definition) is 7. The molecule has 2 aliphatic rings. The number of aliphatic hydroxyl groups excluding tert-OH is 6. The molecule has 0 unspecified atom stereocenters. The summed E-state index contributed by atoms with van der Waals surface area (Å²) >= 11 is 0. The summed E-state index contributed by atoms with van der Waals surface area (Å²) < 4.78 is 34.0. The molecule has 3 aromatic rings. The first-order valence-corrected chi connectivity index (χ1v) is 13.6. The van der Waals surface area contributed by atoms with Gasteiger partial charge < -0.3 is 63.8 Å². The van der Waals surface area contributed by atoms with Crippen molar-refractivity contribution in [1.29, 1.82) is 0 Å². The molecule has 15 heteroatoms. The molecule has 10 atom stereocenters. The highest BCUT2D eigenvalue weighted by atomic mass is 16.8. The molecule has 0 bridgehead atoms. The molecule has 0 amide bonds. The second-order valence-electron chi connectivity index (χ2n) is 10.5. The van der Waals surface area contributed by atoms with Crippen LogP contribution in [0.25, 0.3) is 22.3 Å². The third-order valence-corrected chi connectivity index (χ3v) is 7.35. The lowest BCUT2D eigenvalue weighted by Gasteiger charge is -2.45. The second-order valence-corrected chi connectivity index (χ2v) is 10.5. The van der Waals surface area contributed by atoms with Crippen molar-refractivity contribution >= 4 is 16.9 Å². The number of hydrogen-bond acceptors (Lipinski definition) is 15. The van der Waals surface area contributed by atoms with Crippen molar-refractivity contribution in [2.75, 3.05) is 6.61 Å². The first-order chi connectivity index (χ1) is 20.9. The minimum atomic E-state index is -1.78. The highest BCUT2D eigenvalue weighted by molar-refractivity contribution is 5.88. The van der Waals surface area contributed by atoms with E-state index in [0.717, 1.165) is 6.92 Å². The van der Waals surface area contributed by atoms with Gasteiger partial charge in [0.05, 0.1) is 12.7 Å². The van der Waals surface area contributed by atoms with Crippen molar-refractivity contribution in [2.45, 2.75) is 75.3 Å². The number of aromatic hydroxyl groups is 1. The average molecular weight is 621 g/mol. The van der Waals surface area contributed by atoms with Gasteiger partial charge >= 0.3 is 5.97 Å². The van der Waals surface area contributed by atoms with E-state index in [4.69, 9.17) is 28.1 Å². The molecule has 7 N–H and O–H groups in total. The first-order valence-electron chi connectivity index (χ1n) is 13.6. The van der Waals surface area contributed by atoms with Crippen molar-refractivity contribution in [3.05, 3.63) is 52.7 Å². The molecular formula is C29H32O15. The van der Waals surface area contributed by atoms with E-state index in [9.17, 15) is 45.3 Å². The van der Waals surface area contributed by atoms with E-state index in [2.05, 4.69) is 0 Å². The number of fused-ring (bicyclic) bond motifs is 1. The topological polar surface area (TPSA) is 235 Å². The number of carbonyl (C=O) groups is 1. The van der Waals surface area contributed by atoms with E-state index in [-0.39, 0.29) is 34.0 Å². The number of phenolic OH excluding ortho intramolecular Hbond substituents is 1. The Morgan fingerprint density at radius 1 is 0.886 bits per heavy atom. The van der Waals surface area contributed by atoms with Crippen LogP contribution < -0.4 is 14.9 Å². The van der Waals surface area contributed by atoms with Gasteiger partial charge in [-0.25, -0.2) is 0 Å². The molecule has 44 heavy (non-hydrogen) atoms. The van der Waals surface area contributed by atoms with Gasteiger partial charge in [-0.05, 0) is 31.2 Å². The third-order valence-electron chi connectivity index (χ3n) is 7.35. The number of carbonyl (C=O) groups excluding carboxylic acids is 1. The maximum Gasteiger partial charge on any atom is 0.308 e. The molecule has 15 nitrogen and oxygen atoms in total. The van der Waals surface area contributed by atoms with Gasteiger partial charge in [0.1, 0.15) is 70.6 Å². The summed E-state index contributed by atoms with van der Waals surface area (Å²) in [5.74, 6) is -1.03. The minimum absolute atomic E-state index is 0.00579. The maximum atomic E-state index is 13.1. The lowest BCUT2D eigenvalue weighted by molar-refractivity contribution is -0.354. The number of benzene rings is 2. The molecule has 1 aromatic heterocycles. The summed E-state index contributed by atoms with van der Waals surface area (Å²) in [6.07, 6.45) is -15.6. The monoisotopic (exact) mass is 620 g/mol. The molecule has 2 saturated heterocycles. The van der Waals surface area contributed by atoms with Crippen LogP contribution in [0.4, 0.5) is 0 Å². The van der Waals surface area contributed by atoms with Crippen LogP contribution in [0.15, 0.2) is 51.7 Å². The molecular weight excluding hydrogens is 588 g/mol. The summed E-state index contributed by atoms with van der Waals surface area (Å²) in [6, 6.07) is 9.47. The van der Waals surface area contributed by atoms with Crippen molar-refractivity contribution in [2.24, 2.45) is 0 Å². The van der Waals surface area contributed by atoms with Gasteiger partial charge in [0.25, 0.3) is 0 Å². The van der Waals surface area contributed by atoms with E-state index < -0.39 is 79.4 Å². The molecule has 0 spiro atoms. The van der Waals surface area contributed by atoms with Crippen molar-refractivity contribution in [3.63, 3.8) is 0 Å². The summed E-state index contributed by atoms with van der Waals surface area (Å²) in [5, 5.41) is 71.4. The third kappa shape index (κ3) is 6.28. The lowest BCUT2D eigenvalue weighted by Crippen LogP contribution is -2.64. The number of aliphatic hydroxyl groups is 6. The normalized spacial score (nSPS) is 32.4. The Labute approximate surface area is 249 Å². The Morgan fingerprint density at radius 2 is 1.59 bits per heavy atom. The average Bonchev–Trinajstić information content (AvgIpc) is 2.97. The van der Waals surface area contributed by atoms with Gasteiger partial charge in [-0.1, -0.05) is 0 Å².